The fourth-order valence-electron chi connectivity index (χ4n) is 1.92. The minimum atomic E-state index is -0.0941. The van der Waals surface area contributed by atoms with Crippen LogP contribution >= 0.6 is 0 Å². The maximum Gasteiger partial charge on any atom is 0.152 e. The molecular formula is C15H25NO2. The number of ether oxygens (including phenoxy) is 1. The minimum absolute atomic E-state index is 0. The van der Waals surface area contributed by atoms with Gasteiger partial charge in [-0.25, -0.2) is 0 Å². The van der Waals surface area contributed by atoms with Crippen LogP contribution in [0.2, 0.25) is 0 Å². The van der Waals surface area contributed by atoms with Crippen LogP contribution in [0.4, 0.5) is 0 Å². The van der Waals surface area contributed by atoms with E-state index in [2.05, 4.69) is 5.32 Å². The van der Waals surface area contributed by atoms with Gasteiger partial charge in [-0.3, -0.25) is 4.79 Å². The third kappa shape index (κ3) is 4.15. The number of rotatable bonds is 7. The molecule has 0 amide bonds. The predicted molar refractivity (Wildman–Crippen MR) is 76.1 cm³/mol. The number of nitrogens with one attached hydrogen (secondary N) is 1. The summed E-state index contributed by atoms with van der Waals surface area (Å²) in [5.41, 5.74) is 1.15. The highest BCUT2D eigenvalue weighted by Gasteiger charge is 2.20. The number of methoxy groups -OCH3 is 1. The molecule has 0 radical (unpaired) electrons. The average Bonchev–Trinajstić information content (AvgIpc) is 2.38. The number of carbonyl (C=O) groups excluding carboxylic acids is 1. The highest BCUT2D eigenvalue weighted by atomic mass is 16.5. The molecule has 0 heterocycles. The van der Waals surface area contributed by atoms with E-state index in [9.17, 15) is 4.79 Å². The quantitative estimate of drug-likeness (QED) is 0.809. The lowest BCUT2D eigenvalue weighted by molar-refractivity contribution is -0.123. The first-order valence-corrected chi connectivity index (χ1v) is 6.48. The third-order valence-corrected chi connectivity index (χ3v) is 2.96. The third-order valence-electron chi connectivity index (χ3n) is 2.96. The van der Waals surface area contributed by atoms with Crippen molar-refractivity contribution in [3.8, 4) is 5.75 Å². The van der Waals surface area contributed by atoms with Gasteiger partial charge in [-0.05, 0) is 30.7 Å². The molecule has 0 aliphatic carbocycles. The molecule has 1 N–H and O–H groups in total. The number of hydrogen-bond donors (Lipinski definition) is 1. The molecule has 1 atom stereocenters. The zero-order valence-electron chi connectivity index (χ0n) is 11.7. The van der Waals surface area contributed by atoms with E-state index in [0.717, 1.165) is 24.3 Å². The monoisotopic (exact) mass is 251 g/mol. The van der Waals surface area contributed by atoms with Gasteiger partial charge in [0, 0.05) is 7.34 Å². The summed E-state index contributed by atoms with van der Waals surface area (Å²) < 4.78 is 5.12. The summed E-state index contributed by atoms with van der Waals surface area (Å²) in [4.78, 5) is 12.1. The fraction of sp³-hybridized carbons (Fsp3) is 0.533. The van der Waals surface area contributed by atoms with Crippen molar-refractivity contribution in [2.75, 3.05) is 13.7 Å². The van der Waals surface area contributed by atoms with Gasteiger partial charge in [0.05, 0.1) is 13.2 Å². The number of Topliss-reactive ketones (excluding diaryl/α,β-unsaturated/α-hetero) is 1. The first kappa shape index (κ1) is 14.7. The smallest absolute Gasteiger partial charge is 0.152 e. The zero-order valence-corrected chi connectivity index (χ0v) is 11.7. The second kappa shape index (κ2) is 7.17. The first-order chi connectivity index (χ1) is 8.58. The van der Waals surface area contributed by atoms with Crippen LogP contribution in [0.1, 0.15) is 27.8 Å². The number of likely N-dealkylation sites (N-methyl/N-ethyl adjacent to an activating group) is 1. The summed E-state index contributed by atoms with van der Waals surface area (Å²) in [5, 5.41) is 3.26. The van der Waals surface area contributed by atoms with Crippen molar-refractivity contribution in [3.63, 3.8) is 0 Å². The van der Waals surface area contributed by atoms with Gasteiger partial charge in [0.15, 0.2) is 5.78 Å². The van der Waals surface area contributed by atoms with Crippen molar-refractivity contribution in [3.05, 3.63) is 29.8 Å². The fourth-order valence-corrected chi connectivity index (χ4v) is 1.92. The summed E-state index contributed by atoms with van der Waals surface area (Å²) in [6.07, 6.45) is 0.731. The minimum Gasteiger partial charge on any atom is -0.497 e. The van der Waals surface area contributed by atoms with Gasteiger partial charge in [-0.1, -0.05) is 32.9 Å². The van der Waals surface area contributed by atoms with Gasteiger partial charge in [0.1, 0.15) is 5.75 Å². The van der Waals surface area contributed by atoms with Crippen LogP contribution in [0.3, 0.4) is 0 Å². The average molecular weight is 251 g/mol. The van der Waals surface area contributed by atoms with E-state index >= 15 is 0 Å². The molecule has 18 heavy (non-hydrogen) atoms. The van der Waals surface area contributed by atoms with Crippen LogP contribution in [0.5, 0.6) is 5.75 Å². The van der Waals surface area contributed by atoms with E-state index in [1.54, 1.807) is 7.11 Å². The van der Waals surface area contributed by atoms with E-state index in [1.807, 2.05) is 45.0 Å². The molecule has 0 saturated heterocycles. The largest absolute Gasteiger partial charge is 0.497 e. The van der Waals surface area contributed by atoms with Crippen LogP contribution in [0.25, 0.3) is 0 Å². The molecule has 1 aromatic rings. The number of hydrogen-bond acceptors (Lipinski definition) is 3. The van der Waals surface area contributed by atoms with Crippen molar-refractivity contribution in [1.29, 1.82) is 0 Å². The van der Waals surface area contributed by atoms with Crippen LogP contribution < -0.4 is 10.1 Å². The number of carbonyl (C=O) groups is 1. The van der Waals surface area contributed by atoms with Crippen molar-refractivity contribution < 1.29 is 11.0 Å². The van der Waals surface area contributed by atoms with Gasteiger partial charge in [0.25, 0.3) is 0 Å². The normalized spacial score (nSPS) is 12.5. The first-order valence-electron chi connectivity index (χ1n) is 6.48. The molecule has 3 nitrogen and oxygen atoms in total. The zero-order chi connectivity index (χ0) is 13.5. The molecule has 3 heteroatoms. The van der Waals surface area contributed by atoms with Gasteiger partial charge in [-0.2, -0.15) is 0 Å². The molecule has 0 bridgehead atoms. The van der Waals surface area contributed by atoms with Crippen LogP contribution in [-0.2, 0) is 11.2 Å². The van der Waals surface area contributed by atoms with Gasteiger partial charge >= 0.3 is 0 Å². The summed E-state index contributed by atoms with van der Waals surface area (Å²) in [6, 6.07) is 7.78. The molecule has 0 spiro atoms. The van der Waals surface area contributed by atoms with E-state index < -0.39 is 0 Å². The molecular weight excluding hydrogens is 226 g/mol. The van der Waals surface area contributed by atoms with Crippen molar-refractivity contribution in [1.82, 2.24) is 5.32 Å². The molecule has 0 fully saturated rings. The van der Waals surface area contributed by atoms with Crippen molar-refractivity contribution in [2.24, 2.45) is 5.92 Å². The van der Waals surface area contributed by atoms with Gasteiger partial charge < -0.3 is 10.1 Å². The molecule has 102 valence electrons. The van der Waals surface area contributed by atoms with Crippen molar-refractivity contribution in [2.45, 2.75) is 33.2 Å². The van der Waals surface area contributed by atoms with E-state index in [4.69, 9.17) is 4.74 Å². The lowest BCUT2D eigenvalue weighted by Crippen LogP contribution is -2.40. The lowest BCUT2D eigenvalue weighted by atomic mass is 9.95. The maximum atomic E-state index is 12.1. The van der Waals surface area contributed by atoms with Crippen molar-refractivity contribution >= 4 is 5.78 Å². The standard InChI is InChI=1S/C15H23NO2.H2/c1-5-16-14(15(17)11(2)3)10-12-6-8-13(18-4)9-7-12;/h6-9,11,14,16H,5,10H2,1-4H3;1H. The Labute approximate surface area is 111 Å². The molecule has 1 rings (SSSR count). The van der Waals surface area contributed by atoms with E-state index in [0.29, 0.717) is 0 Å². The Morgan fingerprint density at radius 3 is 2.39 bits per heavy atom. The lowest BCUT2D eigenvalue weighted by Gasteiger charge is -2.19. The second-order valence-corrected chi connectivity index (χ2v) is 4.72. The Balaban J connectivity index is 0.00000324. The summed E-state index contributed by atoms with van der Waals surface area (Å²) >= 11 is 0. The molecule has 0 aromatic heterocycles. The SMILES string of the molecule is CCNC(Cc1ccc(OC)cc1)C(=O)C(C)C.[HH]. The molecule has 0 aliphatic heterocycles. The summed E-state index contributed by atoms with van der Waals surface area (Å²) in [6.45, 7) is 6.72. The maximum absolute atomic E-state index is 12.1. The Bertz CT molecular complexity index is 376. The Kier molecular flexibility index (Phi) is 5.86. The molecule has 0 aliphatic rings. The summed E-state index contributed by atoms with van der Waals surface area (Å²) in [7, 11) is 1.65. The van der Waals surface area contributed by atoms with Crippen LogP contribution in [-0.4, -0.2) is 25.5 Å². The Morgan fingerprint density at radius 2 is 1.94 bits per heavy atom. The van der Waals surface area contributed by atoms with E-state index in [-0.39, 0.29) is 19.2 Å². The number of ketones is 1. The Hall–Kier alpha value is -1.35. The second-order valence-electron chi connectivity index (χ2n) is 4.72. The predicted octanol–water partition coefficient (Wildman–Crippen LogP) is 2.69. The van der Waals surface area contributed by atoms with Gasteiger partial charge in [0.2, 0.25) is 0 Å². The highest BCUT2D eigenvalue weighted by Crippen LogP contribution is 2.14. The molecule has 0 saturated carbocycles. The molecule has 1 unspecified atom stereocenters. The number of benzene rings is 1. The van der Waals surface area contributed by atoms with Crippen LogP contribution in [0, 0.1) is 5.92 Å². The van der Waals surface area contributed by atoms with Crippen LogP contribution in [0.15, 0.2) is 24.3 Å². The van der Waals surface area contributed by atoms with Gasteiger partial charge in [-0.15, -0.1) is 0 Å². The highest BCUT2D eigenvalue weighted by molar-refractivity contribution is 5.86. The molecule has 1 aromatic carbocycles. The topological polar surface area (TPSA) is 38.3 Å². The Morgan fingerprint density at radius 1 is 1.33 bits per heavy atom. The van der Waals surface area contributed by atoms with E-state index in [1.165, 1.54) is 0 Å². The summed E-state index contributed by atoms with van der Waals surface area (Å²) in [5.74, 6) is 1.17.